The van der Waals surface area contributed by atoms with Gasteiger partial charge >= 0.3 is 0 Å². The molecule has 2 aliphatic rings. The zero-order valence-electron chi connectivity index (χ0n) is 25.3. The van der Waals surface area contributed by atoms with Gasteiger partial charge in [0.1, 0.15) is 23.0 Å². The molecule has 0 bridgehead atoms. The van der Waals surface area contributed by atoms with Crippen molar-refractivity contribution in [2.45, 2.75) is 44.1 Å². The lowest BCUT2D eigenvalue weighted by atomic mass is 9.82. The average molecular weight is 670 g/mol. The number of nitrogens with one attached hydrogen (secondary N) is 1. The number of ketones is 1. The van der Waals surface area contributed by atoms with E-state index >= 15 is 0 Å². The Hall–Kier alpha value is -3.36. The van der Waals surface area contributed by atoms with Gasteiger partial charge in [0.2, 0.25) is 0 Å². The van der Waals surface area contributed by atoms with Gasteiger partial charge in [0, 0.05) is 74.0 Å². The number of anilines is 1. The number of piperidine rings is 1. The summed E-state index contributed by atoms with van der Waals surface area (Å²) in [6, 6.07) is 18.0. The molecule has 1 fully saturated rings. The third-order valence-corrected chi connectivity index (χ3v) is 9.49. The number of imidazole rings is 1. The molecule has 6 nitrogen and oxygen atoms in total. The number of carbonyl (C=O) groups excluding carboxylic acids is 1. The van der Waals surface area contributed by atoms with Crippen molar-refractivity contribution in [2.75, 3.05) is 25.0 Å². The van der Waals surface area contributed by atoms with E-state index in [-0.39, 0.29) is 17.5 Å². The summed E-state index contributed by atoms with van der Waals surface area (Å²) >= 11 is 18.0. The molecule has 236 valence electrons. The molecular weight excluding hydrogens is 634 g/mol. The number of carbonyl (C=O) groups is 1. The quantitative estimate of drug-likeness (QED) is 0.213. The van der Waals surface area contributed by atoms with Crippen LogP contribution in [0.15, 0.2) is 85.5 Å². The number of halogens is 4. The number of rotatable bonds is 7. The summed E-state index contributed by atoms with van der Waals surface area (Å²) in [5.41, 5.74) is 3.24. The van der Waals surface area contributed by atoms with Crippen LogP contribution in [0, 0.1) is 5.82 Å². The van der Waals surface area contributed by atoms with E-state index in [1.807, 2.05) is 54.3 Å². The number of ether oxygens (including phenoxy) is 1. The molecule has 1 saturated heterocycles. The normalized spacial score (nSPS) is 16.2. The third-order valence-electron chi connectivity index (χ3n) is 8.50. The molecule has 2 aliphatic heterocycles. The fourth-order valence-electron chi connectivity index (χ4n) is 5.98. The average Bonchev–Trinajstić information content (AvgIpc) is 3.41. The Balaban J connectivity index is 0.000000238. The molecule has 1 spiro atoms. The van der Waals surface area contributed by atoms with Gasteiger partial charge in [-0.1, -0.05) is 53.0 Å². The summed E-state index contributed by atoms with van der Waals surface area (Å²) in [7, 11) is 2.00. The van der Waals surface area contributed by atoms with Crippen LogP contribution in [0.5, 0.6) is 0 Å². The van der Waals surface area contributed by atoms with Gasteiger partial charge in [-0.3, -0.25) is 4.79 Å². The lowest BCUT2D eigenvalue weighted by molar-refractivity contribution is -0.118. The van der Waals surface area contributed by atoms with E-state index in [0.717, 1.165) is 66.6 Å². The van der Waals surface area contributed by atoms with Crippen LogP contribution in [0.4, 0.5) is 10.1 Å². The Morgan fingerprint density at radius 3 is 2.44 bits per heavy atom. The van der Waals surface area contributed by atoms with Gasteiger partial charge in [-0.2, -0.15) is 0 Å². The van der Waals surface area contributed by atoms with E-state index in [1.165, 1.54) is 11.6 Å². The van der Waals surface area contributed by atoms with E-state index < -0.39 is 5.60 Å². The maximum atomic E-state index is 13.9. The molecule has 1 unspecified atom stereocenters. The minimum Gasteiger partial charge on any atom is -0.468 e. The van der Waals surface area contributed by atoms with Crippen LogP contribution in [-0.2, 0) is 28.6 Å². The van der Waals surface area contributed by atoms with Gasteiger partial charge in [-0.25, -0.2) is 9.37 Å². The van der Waals surface area contributed by atoms with Crippen LogP contribution in [0.2, 0.25) is 15.1 Å². The first-order chi connectivity index (χ1) is 21.5. The minimum atomic E-state index is -0.569. The number of hydrogen-bond donors (Lipinski definition) is 1. The predicted octanol–water partition coefficient (Wildman–Crippen LogP) is 8.76. The second kappa shape index (κ2) is 14.4. The summed E-state index contributed by atoms with van der Waals surface area (Å²) in [5.74, 6) is 1.16. The van der Waals surface area contributed by atoms with Crippen LogP contribution in [-0.4, -0.2) is 39.9 Å². The van der Waals surface area contributed by atoms with Crippen molar-refractivity contribution >= 4 is 46.3 Å². The van der Waals surface area contributed by atoms with Crippen molar-refractivity contribution in [1.29, 1.82) is 0 Å². The van der Waals surface area contributed by atoms with Crippen LogP contribution < -0.4 is 5.32 Å². The fourth-order valence-corrected chi connectivity index (χ4v) is 6.41. The van der Waals surface area contributed by atoms with Crippen molar-refractivity contribution in [1.82, 2.24) is 14.5 Å². The van der Waals surface area contributed by atoms with Gasteiger partial charge in [0.25, 0.3) is 0 Å². The Morgan fingerprint density at radius 1 is 1.07 bits per heavy atom. The Morgan fingerprint density at radius 2 is 1.80 bits per heavy atom. The minimum absolute atomic E-state index is 0.106. The lowest BCUT2D eigenvalue weighted by Gasteiger charge is -2.46. The SMILES string of the molecule is C=C1Nc2ccc(F)cc2C2(CCN(CCC(C(C)=O)c3ccc(Cl)c(Cl)c3)CC2)O1.Cn1ccnc1Cc1ccc(Cl)cc1. The summed E-state index contributed by atoms with van der Waals surface area (Å²) < 4.78 is 22.1. The molecule has 3 aromatic carbocycles. The topological polar surface area (TPSA) is 59.4 Å². The molecule has 1 N–H and O–H groups in total. The zero-order valence-corrected chi connectivity index (χ0v) is 27.6. The van der Waals surface area contributed by atoms with Gasteiger partial charge in [0.15, 0.2) is 5.88 Å². The molecule has 4 aromatic rings. The van der Waals surface area contributed by atoms with Crippen LogP contribution in [0.25, 0.3) is 0 Å². The van der Waals surface area contributed by atoms with Gasteiger partial charge < -0.3 is 19.5 Å². The number of benzene rings is 3. The molecule has 0 amide bonds. The molecule has 45 heavy (non-hydrogen) atoms. The maximum Gasteiger partial charge on any atom is 0.184 e. The number of hydrogen-bond acceptors (Lipinski definition) is 5. The number of aryl methyl sites for hydroxylation is 1. The predicted molar refractivity (Wildman–Crippen MR) is 180 cm³/mol. The van der Waals surface area contributed by atoms with Crippen molar-refractivity contribution in [3.05, 3.63) is 129 Å². The molecule has 6 rings (SSSR count). The fraction of sp³-hybridized carbons (Fsp3) is 0.314. The largest absolute Gasteiger partial charge is 0.468 e. The number of Topliss-reactive ketones (excluding diaryl/α,β-unsaturated/α-hetero) is 1. The summed E-state index contributed by atoms with van der Waals surface area (Å²) in [6.45, 7) is 7.89. The van der Waals surface area contributed by atoms with E-state index in [2.05, 4.69) is 21.8 Å². The first-order valence-electron chi connectivity index (χ1n) is 14.9. The van der Waals surface area contributed by atoms with Crippen molar-refractivity contribution < 1.29 is 13.9 Å². The smallest absolute Gasteiger partial charge is 0.184 e. The monoisotopic (exact) mass is 668 g/mol. The number of fused-ring (bicyclic) bond motifs is 2. The first kappa shape index (κ1) is 33.0. The number of likely N-dealkylation sites (tertiary alicyclic amines) is 1. The number of aromatic nitrogens is 2. The molecule has 0 radical (unpaired) electrons. The van der Waals surface area contributed by atoms with Gasteiger partial charge in [-0.15, -0.1) is 0 Å². The third kappa shape index (κ3) is 8.08. The Labute approximate surface area is 278 Å². The van der Waals surface area contributed by atoms with Crippen molar-refractivity contribution in [3.8, 4) is 0 Å². The van der Waals surface area contributed by atoms with E-state index in [4.69, 9.17) is 39.5 Å². The van der Waals surface area contributed by atoms with Crippen LogP contribution >= 0.6 is 34.8 Å². The molecule has 0 saturated carbocycles. The Bertz CT molecular complexity index is 1670. The van der Waals surface area contributed by atoms with E-state index in [0.29, 0.717) is 22.3 Å². The Kier molecular flexibility index (Phi) is 10.6. The second-order valence-corrected chi connectivity index (χ2v) is 12.8. The second-order valence-electron chi connectivity index (χ2n) is 11.6. The maximum absolute atomic E-state index is 13.9. The first-order valence-corrected chi connectivity index (χ1v) is 16.0. The summed E-state index contributed by atoms with van der Waals surface area (Å²) in [5, 5.41) is 4.81. The van der Waals surface area contributed by atoms with E-state index in [9.17, 15) is 9.18 Å². The molecule has 1 aromatic heterocycles. The van der Waals surface area contributed by atoms with Crippen LogP contribution in [0.1, 0.15) is 54.6 Å². The van der Waals surface area contributed by atoms with Gasteiger partial charge in [-0.05, 0) is 80.1 Å². The highest BCUT2D eigenvalue weighted by atomic mass is 35.5. The van der Waals surface area contributed by atoms with Gasteiger partial charge in [0.05, 0.1) is 10.0 Å². The molecule has 1 atom stereocenters. The highest BCUT2D eigenvalue weighted by molar-refractivity contribution is 6.42. The lowest BCUT2D eigenvalue weighted by Crippen LogP contribution is -2.46. The van der Waals surface area contributed by atoms with Crippen molar-refractivity contribution in [2.24, 2.45) is 7.05 Å². The van der Waals surface area contributed by atoms with Crippen molar-refractivity contribution in [3.63, 3.8) is 0 Å². The standard InChI is InChI=1S/C24H25Cl2FN2O2.C11H11ClN2/c1-15(30)19(17-3-5-21(25)22(26)13-17)7-10-29-11-8-24(9-12-29)20-14-18(27)4-6-23(20)28-16(2)31-24;1-14-7-6-13-11(14)8-9-2-4-10(12)5-3-9/h3-6,13-14,19,28H,2,7-12H2,1H3;2-7H,8H2,1H3. The molecule has 3 heterocycles. The molecular formula is C35H36Cl3FN4O2. The van der Waals surface area contributed by atoms with E-state index in [1.54, 1.807) is 31.2 Å². The molecule has 0 aliphatic carbocycles. The zero-order chi connectivity index (χ0) is 32.1. The highest BCUT2D eigenvalue weighted by Crippen LogP contribution is 2.45. The highest BCUT2D eigenvalue weighted by Gasteiger charge is 2.43. The van der Waals surface area contributed by atoms with Crippen LogP contribution in [0.3, 0.4) is 0 Å². The number of nitrogens with zero attached hydrogens (tertiary/aromatic N) is 3. The molecule has 10 heteroatoms. The summed E-state index contributed by atoms with van der Waals surface area (Å²) in [4.78, 5) is 18.9. The summed E-state index contributed by atoms with van der Waals surface area (Å²) in [6.07, 6.45) is 6.75.